The third-order valence-electron chi connectivity index (χ3n) is 3.45. The van der Waals surface area contributed by atoms with E-state index in [0.717, 1.165) is 21.3 Å². The number of benzene rings is 1. The molecule has 0 bridgehead atoms. The molecule has 0 saturated carbocycles. The minimum atomic E-state index is 0.0148. The van der Waals surface area contributed by atoms with E-state index in [2.05, 4.69) is 32.3 Å². The fourth-order valence-electron chi connectivity index (χ4n) is 2.24. The molecule has 1 atom stereocenters. The van der Waals surface area contributed by atoms with E-state index < -0.39 is 0 Å². The zero-order valence-corrected chi connectivity index (χ0v) is 14.5. The highest BCUT2D eigenvalue weighted by molar-refractivity contribution is 7.99. The summed E-state index contributed by atoms with van der Waals surface area (Å²) < 4.78 is 5.78. The van der Waals surface area contributed by atoms with Crippen LogP contribution in [0.25, 0.3) is 22.0 Å². The molecular weight excluding hydrogens is 340 g/mol. The van der Waals surface area contributed by atoms with E-state index in [0.29, 0.717) is 11.8 Å². The van der Waals surface area contributed by atoms with Gasteiger partial charge in [0.05, 0.1) is 22.0 Å². The van der Waals surface area contributed by atoms with Crippen LogP contribution in [0, 0.1) is 0 Å². The van der Waals surface area contributed by atoms with Crippen LogP contribution < -0.4 is 0 Å². The smallest absolute Gasteiger partial charge is 0.257 e. The maximum absolute atomic E-state index is 5.78. The molecule has 7 heteroatoms. The summed E-state index contributed by atoms with van der Waals surface area (Å²) in [5, 5.41) is 11.1. The number of thiophene rings is 1. The van der Waals surface area contributed by atoms with Crippen LogP contribution in [0.15, 0.2) is 63.6 Å². The third kappa shape index (κ3) is 3.13. The molecule has 0 amide bonds. The topological polar surface area (TPSA) is 67.6 Å². The molecule has 0 aliphatic rings. The van der Waals surface area contributed by atoms with E-state index in [1.807, 2.05) is 48.8 Å². The van der Waals surface area contributed by atoms with Gasteiger partial charge in [0.15, 0.2) is 5.16 Å². The normalized spacial score (nSPS) is 12.4. The van der Waals surface area contributed by atoms with Crippen LogP contribution in [0.4, 0.5) is 0 Å². The average Bonchev–Trinajstić information content (AvgIpc) is 3.36. The van der Waals surface area contributed by atoms with E-state index in [1.54, 1.807) is 23.1 Å². The lowest BCUT2D eigenvalue weighted by molar-refractivity contribution is 0.510. The Balaban J connectivity index is 1.49. The average molecular weight is 354 g/mol. The van der Waals surface area contributed by atoms with Crippen molar-refractivity contribution in [3.63, 3.8) is 0 Å². The molecule has 1 unspecified atom stereocenters. The summed E-state index contributed by atoms with van der Waals surface area (Å²) in [4.78, 5) is 8.74. The number of hydrogen-bond donors (Lipinski definition) is 1. The quantitative estimate of drug-likeness (QED) is 0.508. The molecule has 1 N–H and O–H groups in total. The number of nitrogens with one attached hydrogen (secondary N) is 1. The highest BCUT2D eigenvalue weighted by Gasteiger charge is 2.18. The monoisotopic (exact) mass is 354 g/mol. The van der Waals surface area contributed by atoms with Gasteiger partial charge >= 0.3 is 0 Å². The predicted molar refractivity (Wildman–Crippen MR) is 95.9 cm³/mol. The Kier molecular flexibility index (Phi) is 4.18. The van der Waals surface area contributed by atoms with Crippen molar-refractivity contribution in [3.05, 3.63) is 59.9 Å². The van der Waals surface area contributed by atoms with Crippen molar-refractivity contribution in [3.8, 4) is 22.0 Å². The van der Waals surface area contributed by atoms with Gasteiger partial charge in [-0.15, -0.1) is 21.5 Å². The fraction of sp³-hybridized carbons (Fsp3) is 0.118. The summed E-state index contributed by atoms with van der Waals surface area (Å²) in [6, 6.07) is 14.1. The number of rotatable bonds is 5. The molecule has 0 radical (unpaired) electrons. The standard InChI is InChI=1S/C17H14N4OS2/c1-11(15-20-21-16(22-15)14-8-5-9-23-14)24-17-18-10-13(19-17)12-6-3-2-4-7-12/h2-11H,1H3,(H,18,19). The van der Waals surface area contributed by atoms with E-state index in [9.17, 15) is 0 Å². The van der Waals surface area contributed by atoms with Crippen LogP contribution in [-0.2, 0) is 0 Å². The van der Waals surface area contributed by atoms with E-state index in [1.165, 1.54) is 0 Å². The van der Waals surface area contributed by atoms with Gasteiger partial charge in [0.2, 0.25) is 5.89 Å². The van der Waals surface area contributed by atoms with Crippen LogP contribution in [0.2, 0.25) is 0 Å². The summed E-state index contributed by atoms with van der Waals surface area (Å²) in [6.07, 6.45) is 1.84. The maximum atomic E-state index is 5.78. The molecule has 24 heavy (non-hydrogen) atoms. The Bertz CT molecular complexity index is 915. The van der Waals surface area contributed by atoms with Gasteiger partial charge < -0.3 is 9.40 Å². The zero-order chi connectivity index (χ0) is 16.4. The van der Waals surface area contributed by atoms with Crippen LogP contribution in [0.5, 0.6) is 0 Å². The lowest BCUT2D eigenvalue weighted by Crippen LogP contribution is -1.89. The molecule has 0 spiro atoms. The molecule has 4 aromatic rings. The maximum Gasteiger partial charge on any atom is 0.257 e. The summed E-state index contributed by atoms with van der Waals surface area (Å²) in [5.74, 6) is 1.16. The van der Waals surface area contributed by atoms with E-state index in [-0.39, 0.29) is 5.25 Å². The molecule has 4 rings (SSSR count). The van der Waals surface area contributed by atoms with Crippen molar-refractivity contribution in [2.24, 2.45) is 0 Å². The Morgan fingerprint density at radius 1 is 1.12 bits per heavy atom. The Morgan fingerprint density at radius 3 is 2.79 bits per heavy atom. The van der Waals surface area contributed by atoms with Gasteiger partial charge in [-0.1, -0.05) is 48.2 Å². The summed E-state index contributed by atoms with van der Waals surface area (Å²) >= 11 is 3.15. The number of nitrogens with zero attached hydrogens (tertiary/aromatic N) is 3. The molecule has 1 aromatic carbocycles. The molecule has 0 fully saturated rings. The Labute approximate surface area is 147 Å². The van der Waals surface area contributed by atoms with Crippen LogP contribution >= 0.6 is 23.1 Å². The van der Waals surface area contributed by atoms with Crippen molar-refractivity contribution >= 4 is 23.1 Å². The first-order valence-electron chi connectivity index (χ1n) is 7.44. The first-order valence-corrected chi connectivity index (χ1v) is 9.20. The lowest BCUT2D eigenvalue weighted by Gasteiger charge is -2.03. The SMILES string of the molecule is CC(Sc1ncc(-c2ccccc2)[nH]1)c1nnc(-c2cccs2)o1. The number of imidazole rings is 1. The predicted octanol–water partition coefficient (Wildman–Crippen LogP) is 5.04. The molecule has 0 aliphatic heterocycles. The number of aromatic amines is 1. The van der Waals surface area contributed by atoms with Crippen LogP contribution in [0.3, 0.4) is 0 Å². The minimum absolute atomic E-state index is 0.0148. The Hall–Kier alpha value is -2.38. The summed E-state index contributed by atoms with van der Waals surface area (Å²) in [6.45, 7) is 2.03. The van der Waals surface area contributed by atoms with Gasteiger partial charge in [-0.05, 0) is 23.9 Å². The second kappa shape index (κ2) is 6.62. The molecule has 0 aliphatic carbocycles. The highest BCUT2D eigenvalue weighted by Crippen LogP contribution is 2.35. The fourth-order valence-corrected chi connectivity index (χ4v) is 3.70. The molecule has 0 saturated heterocycles. The molecule has 3 heterocycles. The van der Waals surface area contributed by atoms with Gasteiger partial charge in [-0.25, -0.2) is 4.98 Å². The number of thioether (sulfide) groups is 1. The number of H-pyrrole nitrogens is 1. The van der Waals surface area contributed by atoms with Gasteiger partial charge in [-0.2, -0.15) is 0 Å². The second-order valence-corrected chi connectivity index (χ2v) is 7.43. The second-order valence-electron chi connectivity index (χ2n) is 5.15. The van der Waals surface area contributed by atoms with Crippen LogP contribution in [-0.4, -0.2) is 20.2 Å². The van der Waals surface area contributed by atoms with Gasteiger partial charge in [0.25, 0.3) is 5.89 Å². The minimum Gasteiger partial charge on any atom is -0.419 e. The molecule has 5 nitrogen and oxygen atoms in total. The summed E-state index contributed by atoms with van der Waals surface area (Å²) in [5.41, 5.74) is 2.11. The van der Waals surface area contributed by atoms with E-state index in [4.69, 9.17) is 4.42 Å². The van der Waals surface area contributed by atoms with Gasteiger partial charge in [0.1, 0.15) is 0 Å². The van der Waals surface area contributed by atoms with Gasteiger partial charge in [0, 0.05) is 0 Å². The summed E-state index contributed by atoms with van der Waals surface area (Å²) in [7, 11) is 0. The molecule has 3 aromatic heterocycles. The van der Waals surface area contributed by atoms with Crippen molar-refractivity contribution < 1.29 is 4.42 Å². The van der Waals surface area contributed by atoms with Crippen molar-refractivity contribution in [2.75, 3.05) is 0 Å². The molecular formula is C17H14N4OS2. The van der Waals surface area contributed by atoms with E-state index >= 15 is 0 Å². The van der Waals surface area contributed by atoms with Crippen molar-refractivity contribution in [2.45, 2.75) is 17.3 Å². The van der Waals surface area contributed by atoms with Crippen molar-refractivity contribution in [1.29, 1.82) is 0 Å². The first-order chi connectivity index (χ1) is 11.8. The lowest BCUT2D eigenvalue weighted by atomic mass is 10.2. The third-order valence-corrected chi connectivity index (χ3v) is 5.29. The first kappa shape index (κ1) is 15.2. The number of hydrogen-bond acceptors (Lipinski definition) is 6. The highest BCUT2D eigenvalue weighted by atomic mass is 32.2. The number of aromatic nitrogens is 4. The van der Waals surface area contributed by atoms with Crippen molar-refractivity contribution in [1.82, 2.24) is 20.2 Å². The van der Waals surface area contributed by atoms with Crippen LogP contribution in [0.1, 0.15) is 18.1 Å². The zero-order valence-electron chi connectivity index (χ0n) is 12.8. The Morgan fingerprint density at radius 2 is 2.00 bits per heavy atom. The molecule has 120 valence electrons. The van der Waals surface area contributed by atoms with Gasteiger partial charge in [-0.3, -0.25) is 0 Å². The largest absolute Gasteiger partial charge is 0.419 e.